The molecule has 3 aromatic rings. The van der Waals surface area contributed by atoms with Crippen molar-refractivity contribution in [3.05, 3.63) is 77.6 Å². The normalized spacial score (nSPS) is 10.8. The highest BCUT2D eigenvalue weighted by Gasteiger charge is 2.17. The van der Waals surface area contributed by atoms with Gasteiger partial charge in [0.1, 0.15) is 0 Å². The van der Waals surface area contributed by atoms with Gasteiger partial charge in [0.05, 0.1) is 11.4 Å². The van der Waals surface area contributed by atoms with Gasteiger partial charge in [-0.3, -0.25) is 19.5 Å². The van der Waals surface area contributed by atoms with Crippen LogP contribution in [-0.2, 0) is 16.1 Å². The van der Waals surface area contributed by atoms with E-state index in [0.29, 0.717) is 17.4 Å². The first-order chi connectivity index (χ1) is 13.5. The van der Waals surface area contributed by atoms with Crippen LogP contribution in [0.4, 0.5) is 10.8 Å². The highest BCUT2D eigenvalue weighted by atomic mass is 32.1. The van der Waals surface area contributed by atoms with Crippen LogP contribution in [0.1, 0.15) is 18.2 Å². The van der Waals surface area contributed by atoms with E-state index in [1.165, 1.54) is 24.3 Å². The number of rotatable bonds is 6. The quantitative estimate of drug-likeness (QED) is 0.597. The molecule has 2 heterocycles. The summed E-state index contributed by atoms with van der Waals surface area (Å²) in [6.45, 7) is 1.98. The van der Waals surface area contributed by atoms with Gasteiger partial charge < -0.3 is 4.90 Å². The maximum absolute atomic E-state index is 12.3. The molecule has 0 spiro atoms. The molecule has 0 saturated heterocycles. The number of carbonyl (C=O) groups is 2. The molecule has 0 bridgehead atoms. The van der Waals surface area contributed by atoms with Gasteiger partial charge in [-0.25, -0.2) is 4.98 Å². The molecule has 0 saturated carbocycles. The van der Waals surface area contributed by atoms with Crippen LogP contribution in [-0.4, -0.2) is 33.7 Å². The maximum Gasteiger partial charge on any atom is 0.246 e. The highest BCUT2D eigenvalue weighted by molar-refractivity contribution is 7.14. The zero-order valence-electron chi connectivity index (χ0n) is 15.6. The lowest BCUT2D eigenvalue weighted by atomic mass is 10.2. The molecule has 3 rings (SSSR count). The third-order valence-corrected chi connectivity index (χ3v) is 4.79. The van der Waals surface area contributed by atoms with E-state index in [0.717, 1.165) is 11.3 Å². The molecule has 6 nitrogen and oxygen atoms in total. The summed E-state index contributed by atoms with van der Waals surface area (Å²) in [5.41, 5.74) is 2.35. The van der Waals surface area contributed by atoms with Gasteiger partial charge in [-0.05, 0) is 29.8 Å². The number of hydrogen-bond donors (Lipinski definition) is 0. The van der Waals surface area contributed by atoms with Gasteiger partial charge in [0.2, 0.25) is 11.8 Å². The van der Waals surface area contributed by atoms with E-state index in [4.69, 9.17) is 0 Å². The molecule has 28 heavy (non-hydrogen) atoms. The van der Waals surface area contributed by atoms with Gasteiger partial charge in [-0.15, -0.1) is 11.3 Å². The summed E-state index contributed by atoms with van der Waals surface area (Å²) in [5.74, 6) is -0.256. The summed E-state index contributed by atoms with van der Waals surface area (Å²) in [6, 6.07) is 13.1. The van der Waals surface area contributed by atoms with E-state index in [1.54, 1.807) is 35.3 Å². The van der Waals surface area contributed by atoms with Crippen molar-refractivity contribution in [2.45, 2.75) is 13.5 Å². The molecule has 2 aromatic heterocycles. The molecule has 7 heteroatoms. The minimum absolute atomic E-state index is 0.122. The minimum Gasteiger partial charge on any atom is -0.338 e. The van der Waals surface area contributed by atoms with Crippen LogP contribution in [0.15, 0.2) is 66.3 Å². The lowest BCUT2D eigenvalue weighted by Gasteiger charge is -2.17. The second kappa shape index (κ2) is 9.05. The molecule has 0 N–H and O–H groups in total. The first-order valence-electron chi connectivity index (χ1n) is 8.68. The summed E-state index contributed by atoms with van der Waals surface area (Å²) in [5, 5.41) is 2.38. The van der Waals surface area contributed by atoms with Crippen molar-refractivity contribution in [3.63, 3.8) is 0 Å². The molecule has 0 fully saturated rings. The Bertz CT molecular complexity index is 970. The number of likely N-dealkylation sites (N-methyl/N-ethyl adjacent to an activating group) is 1. The third-order valence-electron chi connectivity index (χ3n) is 3.95. The van der Waals surface area contributed by atoms with Gasteiger partial charge in [0, 0.05) is 44.4 Å². The predicted molar refractivity (Wildman–Crippen MR) is 111 cm³/mol. The van der Waals surface area contributed by atoms with Gasteiger partial charge in [-0.2, -0.15) is 0 Å². The van der Waals surface area contributed by atoms with Crippen molar-refractivity contribution in [1.29, 1.82) is 0 Å². The van der Waals surface area contributed by atoms with Crippen LogP contribution >= 0.6 is 11.3 Å². The first kappa shape index (κ1) is 19.4. The zero-order chi connectivity index (χ0) is 19.9. The van der Waals surface area contributed by atoms with Crippen molar-refractivity contribution < 1.29 is 9.59 Å². The fourth-order valence-electron chi connectivity index (χ4n) is 2.59. The molecule has 1 aromatic carbocycles. The molecule has 0 aliphatic rings. The number of benzene rings is 1. The number of pyridine rings is 1. The van der Waals surface area contributed by atoms with Crippen molar-refractivity contribution in [2.75, 3.05) is 11.9 Å². The Morgan fingerprint density at radius 3 is 2.61 bits per heavy atom. The summed E-state index contributed by atoms with van der Waals surface area (Å²) in [7, 11) is 1.74. The Morgan fingerprint density at radius 2 is 1.93 bits per heavy atom. The number of para-hydroxylation sites is 1. The molecule has 0 aliphatic carbocycles. The first-order valence-corrected chi connectivity index (χ1v) is 9.56. The van der Waals surface area contributed by atoms with Crippen molar-refractivity contribution in [1.82, 2.24) is 14.9 Å². The van der Waals surface area contributed by atoms with Crippen molar-refractivity contribution in [2.24, 2.45) is 0 Å². The topological polar surface area (TPSA) is 66.4 Å². The zero-order valence-corrected chi connectivity index (χ0v) is 16.5. The summed E-state index contributed by atoms with van der Waals surface area (Å²) < 4.78 is 0. The fourth-order valence-corrected chi connectivity index (χ4v) is 3.44. The Balaban J connectivity index is 1.69. The number of anilines is 2. The highest BCUT2D eigenvalue weighted by Crippen LogP contribution is 2.29. The van der Waals surface area contributed by atoms with Crippen LogP contribution in [0.5, 0.6) is 0 Å². The maximum atomic E-state index is 12.3. The summed E-state index contributed by atoms with van der Waals surface area (Å²) in [4.78, 5) is 36.1. The number of carbonyl (C=O) groups excluding carboxylic acids is 2. The van der Waals surface area contributed by atoms with Gasteiger partial charge in [0.15, 0.2) is 5.13 Å². The monoisotopic (exact) mass is 392 g/mol. The van der Waals surface area contributed by atoms with Crippen LogP contribution < -0.4 is 4.90 Å². The number of amides is 2. The second-order valence-electron chi connectivity index (χ2n) is 6.13. The molecule has 0 radical (unpaired) electrons. The van der Waals surface area contributed by atoms with Gasteiger partial charge >= 0.3 is 0 Å². The van der Waals surface area contributed by atoms with E-state index in [-0.39, 0.29) is 11.8 Å². The number of aromatic nitrogens is 2. The van der Waals surface area contributed by atoms with E-state index in [9.17, 15) is 9.59 Å². The molecule has 0 atom stereocenters. The van der Waals surface area contributed by atoms with Crippen molar-refractivity contribution in [3.8, 4) is 0 Å². The van der Waals surface area contributed by atoms with E-state index < -0.39 is 0 Å². The number of hydrogen-bond acceptors (Lipinski definition) is 5. The lowest BCUT2D eigenvalue weighted by molar-refractivity contribution is -0.125. The van der Waals surface area contributed by atoms with Crippen LogP contribution in [0.3, 0.4) is 0 Å². The SMILES string of the molecule is CC(=O)N(c1ccccc1)c1nc(C=CC(=O)N(C)Cc2cccnc2)cs1. The Hall–Kier alpha value is -3.32. The average Bonchev–Trinajstić information content (AvgIpc) is 3.16. The fraction of sp³-hybridized carbons (Fsp3) is 0.143. The predicted octanol–water partition coefficient (Wildman–Crippen LogP) is 3.89. The summed E-state index contributed by atoms with van der Waals surface area (Å²) >= 11 is 1.35. The standard InChI is InChI=1S/C21H20N4O2S/c1-16(26)25(19-8-4-3-5-9-19)21-23-18(15-28-21)10-11-20(27)24(2)14-17-7-6-12-22-13-17/h3-13,15H,14H2,1-2H3. The second-order valence-corrected chi connectivity index (χ2v) is 6.97. The number of nitrogens with zero attached hydrogens (tertiary/aromatic N) is 4. The van der Waals surface area contributed by atoms with Crippen LogP contribution in [0.25, 0.3) is 6.08 Å². The Kier molecular flexibility index (Phi) is 6.29. The Morgan fingerprint density at radius 1 is 1.14 bits per heavy atom. The smallest absolute Gasteiger partial charge is 0.246 e. The van der Waals surface area contributed by atoms with Crippen molar-refractivity contribution >= 4 is 40.0 Å². The molecule has 0 aliphatic heterocycles. The van der Waals surface area contributed by atoms with E-state index in [1.807, 2.05) is 47.8 Å². The van der Waals surface area contributed by atoms with Crippen LogP contribution in [0.2, 0.25) is 0 Å². The third kappa shape index (κ3) is 4.89. The molecule has 2 amide bonds. The summed E-state index contributed by atoms with van der Waals surface area (Å²) in [6.07, 6.45) is 6.58. The molecular formula is C21H20N4O2S. The molecule has 0 unspecified atom stereocenters. The number of thiazole rings is 1. The minimum atomic E-state index is -0.134. The van der Waals surface area contributed by atoms with E-state index in [2.05, 4.69) is 9.97 Å². The van der Waals surface area contributed by atoms with Gasteiger partial charge in [0.25, 0.3) is 0 Å². The largest absolute Gasteiger partial charge is 0.338 e. The average molecular weight is 392 g/mol. The van der Waals surface area contributed by atoms with Crippen LogP contribution in [0, 0.1) is 0 Å². The van der Waals surface area contributed by atoms with Gasteiger partial charge in [-0.1, -0.05) is 24.3 Å². The molecule has 142 valence electrons. The lowest BCUT2D eigenvalue weighted by Crippen LogP contribution is -2.24. The molecular weight excluding hydrogens is 372 g/mol. The Labute approximate surface area is 167 Å². The van der Waals surface area contributed by atoms with E-state index >= 15 is 0 Å².